The van der Waals surface area contributed by atoms with Crippen LogP contribution in [0.3, 0.4) is 0 Å². The van der Waals surface area contributed by atoms with Crippen molar-refractivity contribution < 1.29 is 8.42 Å². The number of hydrogen-bond acceptors (Lipinski definition) is 2. The summed E-state index contributed by atoms with van der Waals surface area (Å²) in [5.41, 5.74) is 1.09. The summed E-state index contributed by atoms with van der Waals surface area (Å²) in [6, 6.07) is 7.40. The number of aryl methyl sites for hydroxylation is 1. The number of sulfonamides is 1. The van der Waals surface area contributed by atoms with E-state index in [0.717, 1.165) is 18.4 Å². The fourth-order valence-electron chi connectivity index (χ4n) is 3.05. The summed E-state index contributed by atoms with van der Waals surface area (Å²) in [5.74, 6) is 0. The first-order valence-electron chi connectivity index (χ1n) is 9.14. The van der Waals surface area contributed by atoms with E-state index in [1.807, 2.05) is 19.1 Å². The van der Waals surface area contributed by atoms with E-state index in [-0.39, 0.29) is 6.04 Å². The van der Waals surface area contributed by atoms with Crippen molar-refractivity contribution in [1.82, 2.24) is 4.31 Å². The van der Waals surface area contributed by atoms with Gasteiger partial charge in [-0.2, -0.15) is 4.31 Å². The Morgan fingerprint density at radius 2 is 1.52 bits per heavy atom. The Hall–Kier alpha value is -0.870. The molecule has 0 saturated carbocycles. The SMILES string of the molecule is CCCCCCCCCC[C@@H]1CN1S(=O)(=O)c1ccc(C)cc1. The van der Waals surface area contributed by atoms with Gasteiger partial charge in [0.25, 0.3) is 0 Å². The number of hydrogen-bond donors (Lipinski definition) is 0. The minimum Gasteiger partial charge on any atom is -0.207 e. The van der Waals surface area contributed by atoms with Crippen LogP contribution in [0, 0.1) is 6.92 Å². The average molecular weight is 338 g/mol. The minimum atomic E-state index is -3.26. The van der Waals surface area contributed by atoms with Gasteiger partial charge in [0.1, 0.15) is 0 Å². The van der Waals surface area contributed by atoms with Gasteiger partial charge in [0.2, 0.25) is 10.0 Å². The summed E-state index contributed by atoms with van der Waals surface area (Å²) in [6.07, 6.45) is 11.4. The number of benzene rings is 1. The predicted octanol–water partition coefficient (Wildman–Crippen LogP) is 4.90. The summed E-state index contributed by atoms with van der Waals surface area (Å²) in [7, 11) is -3.26. The standard InChI is InChI=1S/C19H31NO2S/c1-3-4-5-6-7-8-9-10-11-18-16-20(18)23(21,22)19-14-12-17(2)13-15-19/h12-15,18H,3-11,16H2,1-2H3/t18-,20?/m1/s1. The second-order valence-electron chi connectivity index (χ2n) is 6.81. The van der Waals surface area contributed by atoms with Crippen LogP contribution in [0.1, 0.15) is 70.3 Å². The molecule has 0 aromatic heterocycles. The highest BCUT2D eigenvalue weighted by Crippen LogP contribution is 2.31. The molecule has 0 N–H and O–H groups in total. The summed E-state index contributed by atoms with van der Waals surface area (Å²) in [6.45, 7) is 4.91. The van der Waals surface area contributed by atoms with Crippen molar-refractivity contribution in [3.05, 3.63) is 29.8 Å². The third kappa shape index (κ3) is 5.61. The lowest BCUT2D eigenvalue weighted by Crippen LogP contribution is -2.14. The molecule has 1 aliphatic rings. The van der Waals surface area contributed by atoms with Crippen LogP contribution in [-0.4, -0.2) is 25.3 Å². The molecule has 0 spiro atoms. The van der Waals surface area contributed by atoms with Crippen LogP contribution in [0.2, 0.25) is 0 Å². The van der Waals surface area contributed by atoms with E-state index >= 15 is 0 Å². The highest BCUT2D eigenvalue weighted by molar-refractivity contribution is 7.89. The third-order valence-corrected chi connectivity index (χ3v) is 6.62. The third-order valence-electron chi connectivity index (χ3n) is 4.68. The van der Waals surface area contributed by atoms with Crippen molar-refractivity contribution in [3.63, 3.8) is 0 Å². The monoisotopic (exact) mass is 337 g/mol. The molecule has 1 unspecified atom stereocenters. The topological polar surface area (TPSA) is 37.1 Å². The largest absolute Gasteiger partial charge is 0.243 e. The van der Waals surface area contributed by atoms with E-state index in [2.05, 4.69) is 6.92 Å². The summed E-state index contributed by atoms with van der Waals surface area (Å²) < 4.78 is 26.6. The molecule has 1 heterocycles. The van der Waals surface area contributed by atoms with E-state index < -0.39 is 10.0 Å². The van der Waals surface area contributed by atoms with Crippen molar-refractivity contribution >= 4 is 10.0 Å². The Morgan fingerprint density at radius 1 is 0.957 bits per heavy atom. The Kier molecular flexibility index (Phi) is 7.09. The molecule has 0 aliphatic carbocycles. The van der Waals surface area contributed by atoms with Gasteiger partial charge in [-0.3, -0.25) is 0 Å². The fraction of sp³-hybridized carbons (Fsp3) is 0.684. The molecule has 0 bridgehead atoms. The number of rotatable bonds is 11. The molecule has 0 amide bonds. The first kappa shape index (κ1) is 18.5. The molecule has 4 heteroatoms. The second-order valence-corrected chi connectivity index (χ2v) is 8.70. The molecule has 1 aliphatic heterocycles. The molecular weight excluding hydrogens is 306 g/mol. The van der Waals surface area contributed by atoms with Crippen LogP contribution in [0.4, 0.5) is 0 Å². The summed E-state index contributed by atoms with van der Waals surface area (Å²) in [4.78, 5) is 0.432. The van der Waals surface area contributed by atoms with E-state index in [1.54, 1.807) is 16.4 Å². The van der Waals surface area contributed by atoms with Gasteiger partial charge in [0.05, 0.1) is 4.90 Å². The van der Waals surface area contributed by atoms with Gasteiger partial charge in [-0.1, -0.05) is 76.0 Å². The fourth-order valence-corrected chi connectivity index (χ4v) is 4.67. The van der Waals surface area contributed by atoms with E-state index in [0.29, 0.717) is 11.4 Å². The second kappa shape index (κ2) is 8.84. The molecule has 1 aromatic carbocycles. The minimum absolute atomic E-state index is 0.237. The normalized spacial score (nSPS) is 20.6. The van der Waals surface area contributed by atoms with Crippen LogP contribution in [-0.2, 0) is 10.0 Å². The molecule has 23 heavy (non-hydrogen) atoms. The molecule has 1 saturated heterocycles. The molecule has 2 rings (SSSR count). The quantitative estimate of drug-likeness (QED) is 0.425. The van der Waals surface area contributed by atoms with Crippen molar-refractivity contribution in [2.45, 2.75) is 82.6 Å². The van der Waals surface area contributed by atoms with Crippen LogP contribution in [0.15, 0.2) is 29.2 Å². The molecule has 0 radical (unpaired) electrons. The Bertz CT molecular complexity index is 566. The van der Waals surface area contributed by atoms with E-state index in [9.17, 15) is 8.42 Å². The van der Waals surface area contributed by atoms with Crippen molar-refractivity contribution in [2.75, 3.05) is 6.54 Å². The lowest BCUT2D eigenvalue weighted by molar-refractivity contribution is 0.529. The van der Waals surface area contributed by atoms with Gasteiger partial charge < -0.3 is 0 Å². The van der Waals surface area contributed by atoms with Gasteiger partial charge in [-0.15, -0.1) is 0 Å². The molecular formula is C19H31NO2S. The Morgan fingerprint density at radius 3 is 2.13 bits per heavy atom. The maximum Gasteiger partial charge on any atom is 0.243 e. The first-order valence-corrected chi connectivity index (χ1v) is 10.6. The number of nitrogens with zero attached hydrogens (tertiary/aromatic N) is 1. The van der Waals surface area contributed by atoms with E-state index in [4.69, 9.17) is 0 Å². The van der Waals surface area contributed by atoms with Crippen molar-refractivity contribution in [3.8, 4) is 0 Å². The Labute approximate surface area is 142 Å². The number of unbranched alkanes of at least 4 members (excludes halogenated alkanes) is 7. The first-order chi connectivity index (χ1) is 11.1. The molecule has 1 aromatic rings. The van der Waals surface area contributed by atoms with E-state index in [1.165, 1.54) is 44.9 Å². The smallest absolute Gasteiger partial charge is 0.207 e. The maximum absolute atomic E-state index is 12.5. The lowest BCUT2D eigenvalue weighted by Gasteiger charge is -2.07. The van der Waals surface area contributed by atoms with Gasteiger partial charge in [0.15, 0.2) is 0 Å². The van der Waals surface area contributed by atoms with Gasteiger partial charge in [0, 0.05) is 12.6 Å². The molecule has 130 valence electrons. The van der Waals surface area contributed by atoms with Crippen LogP contribution in [0.25, 0.3) is 0 Å². The summed E-state index contributed by atoms with van der Waals surface area (Å²) in [5, 5.41) is 0. The zero-order chi connectivity index (χ0) is 16.7. The predicted molar refractivity (Wildman–Crippen MR) is 96.1 cm³/mol. The zero-order valence-electron chi connectivity index (χ0n) is 14.6. The maximum atomic E-state index is 12.5. The molecule has 1 fully saturated rings. The highest BCUT2D eigenvalue weighted by Gasteiger charge is 2.43. The average Bonchev–Trinajstić information content (AvgIpc) is 3.31. The van der Waals surface area contributed by atoms with Gasteiger partial charge in [-0.25, -0.2) is 8.42 Å². The zero-order valence-corrected chi connectivity index (χ0v) is 15.4. The Balaban J connectivity index is 1.64. The van der Waals surface area contributed by atoms with Crippen LogP contribution in [0.5, 0.6) is 0 Å². The molecule has 3 nitrogen and oxygen atoms in total. The van der Waals surface area contributed by atoms with Crippen molar-refractivity contribution in [2.24, 2.45) is 0 Å². The summed E-state index contributed by atoms with van der Waals surface area (Å²) >= 11 is 0. The molecule has 2 atom stereocenters. The van der Waals surface area contributed by atoms with Gasteiger partial charge in [-0.05, 0) is 25.5 Å². The highest BCUT2D eigenvalue weighted by atomic mass is 32.2. The van der Waals surface area contributed by atoms with Crippen molar-refractivity contribution in [1.29, 1.82) is 0 Å². The van der Waals surface area contributed by atoms with Gasteiger partial charge >= 0.3 is 0 Å². The van der Waals surface area contributed by atoms with Crippen LogP contribution >= 0.6 is 0 Å². The van der Waals surface area contributed by atoms with Crippen LogP contribution < -0.4 is 0 Å². The lowest BCUT2D eigenvalue weighted by atomic mass is 10.1.